The van der Waals surface area contributed by atoms with Crippen LogP contribution < -0.4 is 5.32 Å². The SMILES string of the molecule is Cc1ccc(-c2scc(NC(=O)c3ccccc3)c2C(=O)O)o1. The summed E-state index contributed by atoms with van der Waals surface area (Å²) in [7, 11) is 0. The molecule has 2 aromatic heterocycles. The van der Waals surface area contributed by atoms with Crippen molar-refractivity contribution in [1.29, 1.82) is 0 Å². The van der Waals surface area contributed by atoms with E-state index in [1.54, 1.807) is 54.8 Å². The van der Waals surface area contributed by atoms with Crippen LogP contribution in [0.15, 0.2) is 52.3 Å². The van der Waals surface area contributed by atoms with Crippen molar-refractivity contribution in [2.24, 2.45) is 0 Å². The average Bonchev–Trinajstić information content (AvgIpc) is 3.14. The second kappa shape index (κ2) is 6.10. The summed E-state index contributed by atoms with van der Waals surface area (Å²) in [5.74, 6) is -0.295. The normalized spacial score (nSPS) is 10.5. The number of aromatic carboxylic acids is 1. The molecule has 0 unspecified atom stereocenters. The first-order chi connectivity index (χ1) is 11.1. The van der Waals surface area contributed by atoms with Gasteiger partial charge in [-0.3, -0.25) is 4.79 Å². The first-order valence-corrected chi connectivity index (χ1v) is 7.72. The minimum Gasteiger partial charge on any atom is -0.478 e. The summed E-state index contributed by atoms with van der Waals surface area (Å²) in [6.07, 6.45) is 0. The maximum atomic E-state index is 12.2. The van der Waals surface area contributed by atoms with Gasteiger partial charge in [0.1, 0.15) is 17.1 Å². The molecule has 0 aliphatic carbocycles. The van der Waals surface area contributed by atoms with Crippen molar-refractivity contribution in [2.75, 3.05) is 5.32 Å². The number of anilines is 1. The number of carboxylic acids is 1. The highest BCUT2D eigenvalue weighted by atomic mass is 32.1. The Balaban J connectivity index is 1.96. The first kappa shape index (κ1) is 15.1. The molecule has 2 heterocycles. The molecule has 6 heteroatoms. The lowest BCUT2D eigenvalue weighted by atomic mass is 10.1. The van der Waals surface area contributed by atoms with Gasteiger partial charge < -0.3 is 14.8 Å². The fourth-order valence-electron chi connectivity index (χ4n) is 2.18. The van der Waals surface area contributed by atoms with Crippen molar-refractivity contribution in [1.82, 2.24) is 0 Å². The monoisotopic (exact) mass is 327 g/mol. The number of benzene rings is 1. The van der Waals surface area contributed by atoms with E-state index in [-0.39, 0.29) is 17.2 Å². The predicted molar refractivity (Wildman–Crippen MR) is 88.1 cm³/mol. The highest BCUT2D eigenvalue weighted by Crippen LogP contribution is 2.37. The van der Waals surface area contributed by atoms with E-state index in [0.29, 0.717) is 22.0 Å². The van der Waals surface area contributed by atoms with Crippen molar-refractivity contribution >= 4 is 28.9 Å². The van der Waals surface area contributed by atoms with Crippen LogP contribution in [0.1, 0.15) is 26.5 Å². The van der Waals surface area contributed by atoms with Crippen molar-refractivity contribution in [2.45, 2.75) is 6.92 Å². The number of thiophene rings is 1. The molecule has 0 spiro atoms. The summed E-state index contributed by atoms with van der Waals surface area (Å²) in [4.78, 5) is 24.3. The molecule has 0 bridgehead atoms. The molecule has 0 radical (unpaired) electrons. The number of hydrogen-bond donors (Lipinski definition) is 2. The van der Waals surface area contributed by atoms with Gasteiger partial charge in [-0.2, -0.15) is 0 Å². The molecule has 0 saturated carbocycles. The highest BCUT2D eigenvalue weighted by Gasteiger charge is 2.23. The van der Waals surface area contributed by atoms with Crippen molar-refractivity contribution in [3.05, 3.63) is 64.7 Å². The van der Waals surface area contributed by atoms with Crippen LogP contribution in [0.2, 0.25) is 0 Å². The molecule has 0 atom stereocenters. The van der Waals surface area contributed by atoms with Gasteiger partial charge >= 0.3 is 5.97 Å². The van der Waals surface area contributed by atoms with Crippen LogP contribution in [0.4, 0.5) is 5.69 Å². The number of furan rings is 1. The van der Waals surface area contributed by atoms with Gasteiger partial charge in [0, 0.05) is 10.9 Å². The Morgan fingerprint density at radius 1 is 1.13 bits per heavy atom. The predicted octanol–water partition coefficient (Wildman–Crippen LogP) is 4.27. The third-order valence-corrected chi connectivity index (χ3v) is 4.25. The largest absolute Gasteiger partial charge is 0.478 e. The Morgan fingerprint density at radius 3 is 2.48 bits per heavy atom. The van der Waals surface area contributed by atoms with Gasteiger partial charge in [0.25, 0.3) is 5.91 Å². The summed E-state index contributed by atoms with van der Waals surface area (Å²) in [5.41, 5.74) is 0.763. The topological polar surface area (TPSA) is 79.5 Å². The molecule has 3 rings (SSSR count). The molecule has 1 aromatic carbocycles. The van der Waals surface area contributed by atoms with E-state index in [0.717, 1.165) is 0 Å². The summed E-state index contributed by atoms with van der Waals surface area (Å²) in [6, 6.07) is 12.1. The molecular formula is C17H13NO4S. The van der Waals surface area contributed by atoms with Gasteiger partial charge in [-0.05, 0) is 31.2 Å². The number of carbonyl (C=O) groups excluding carboxylic acids is 1. The Bertz CT molecular complexity index is 864. The van der Waals surface area contributed by atoms with Crippen LogP contribution in [0.5, 0.6) is 0 Å². The fourth-order valence-corrected chi connectivity index (χ4v) is 3.14. The smallest absolute Gasteiger partial charge is 0.339 e. The number of carboxylic acid groups (broad SMARTS) is 1. The summed E-state index contributed by atoms with van der Waals surface area (Å²) in [5, 5.41) is 13.8. The third-order valence-electron chi connectivity index (χ3n) is 3.25. The Kier molecular flexibility index (Phi) is 3.99. The fraction of sp³-hybridized carbons (Fsp3) is 0.0588. The summed E-state index contributed by atoms with van der Waals surface area (Å²) in [6.45, 7) is 1.79. The third kappa shape index (κ3) is 3.02. The van der Waals surface area contributed by atoms with E-state index in [4.69, 9.17) is 4.42 Å². The van der Waals surface area contributed by atoms with Crippen LogP contribution in [0.25, 0.3) is 10.6 Å². The lowest BCUT2D eigenvalue weighted by molar-refractivity contribution is 0.0699. The zero-order valence-corrected chi connectivity index (χ0v) is 13.0. The maximum absolute atomic E-state index is 12.2. The number of nitrogens with one attached hydrogen (secondary N) is 1. The van der Waals surface area contributed by atoms with Crippen molar-refractivity contribution in [3.63, 3.8) is 0 Å². The highest BCUT2D eigenvalue weighted by molar-refractivity contribution is 7.14. The molecule has 0 aliphatic heterocycles. The number of hydrogen-bond acceptors (Lipinski definition) is 4. The van der Waals surface area contributed by atoms with Gasteiger partial charge in [-0.15, -0.1) is 11.3 Å². The molecule has 0 fully saturated rings. The van der Waals surface area contributed by atoms with Gasteiger partial charge in [0.05, 0.1) is 10.6 Å². The van der Waals surface area contributed by atoms with E-state index in [1.807, 2.05) is 0 Å². The minimum absolute atomic E-state index is 0.0358. The summed E-state index contributed by atoms with van der Waals surface area (Å²) >= 11 is 1.22. The van der Waals surface area contributed by atoms with Crippen LogP contribution in [-0.4, -0.2) is 17.0 Å². The van der Waals surface area contributed by atoms with Gasteiger partial charge in [0.2, 0.25) is 0 Å². The molecule has 0 aliphatic rings. The lowest BCUT2D eigenvalue weighted by Crippen LogP contribution is -2.13. The molecule has 0 saturated heterocycles. The van der Waals surface area contributed by atoms with Crippen molar-refractivity contribution in [3.8, 4) is 10.6 Å². The van der Waals surface area contributed by atoms with E-state index < -0.39 is 5.97 Å². The molecular weight excluding hydrogens is 314 g/mol. The second-order valence-corrected chi connectivity index (χ2v) is 5.77. The van der Waals surface area contributed by atoms with Crippen molar-refractivity contribution < 1.29 is 19.1 Å². The number of rotatable bonds is 4. The molecule has 3 aromatic rings. The zero-order valence-electron chi connectivity index (χ0n) is 12.2. The van der Waals surface area contributed by atoms with Crippen LogP contribution in [0.3, 0.4) is 0 Å². The van der Waals surface area contributed by atoms with Crippen LogP contribution >= 0.6 is 11.3 Å². The van der Waals surface area contributed by atoms with E-state index in [1.165, 1.54) is 11.3 Å². The number of carbonyl (C=O) groups is 2. The zero-order chi connectivity index (χ0) is 16.4. The first-order valence-electron chi connectivity index (χ1n) is 6.84. The molecule has 23 heavy (non-hydrogen) atoms. The second-order valence-electron chi connectivity index (χ2n) is 4.89. The summed E-state index contributed by atoms with van der Waals surface area (Å²) < 4.78 is 5.50. The maximum Gasteiger partial charge on any atom is 0.339 e. The Hall–Kier alpha value is -2.86. The number of amides is 1. The minimum atomic E-state index is -1.11. The van der Waals surface area contributed by atoms with Gasteiger partial charge in [0.15, 0.2) is 0 Å². The van der Waals surface area contributed by atoms with E-state index in [9.17, 15) is 14.7 Å². The van der Waals surface area contributed by atoms with Gasteiger partial charge in [-0.25, -0.2) is 4.79 Å². The van der Waals surface area contributed by atoms with Crippen LogP contribution in [-0.2, 0) is 0 Å². The average molecular weight is 327 g/mol. The quantitative estimate of drug-likeness (QED) is 0.750. The van der Waals surface area contributed by atoms with E-state index in [2.05, 4.69) is 5.32 Å². The molecule has 5 nitrogen and oxygen atoms in total. The molecule has 2 N–H and O–H groups in total. The van der Waals surface area contributed by atoms with E-state index >= 15 is 0 Å². The Morgan fingerprint density at radius 2 is 1.87 bits per heavy atom. The van der Waals surface area contributed by atoms with Crippen LogP contribution in [0, 0.1) is 6.92 Å². The molecule has 116 valence electrons. The standard InChI is InChI=1S/C17H13NO4S/c1-10-7-8-13(22-10)15-14(17(20)21)12(9-23-15)18-16(19)11-5-3-2-4-6-11/h2-9H,1H3,(H,18,19)(H,20,21). The number of aryl methyl sites for hydroxylation is 1. The van der Waals surface area contributed by atoms with Gasteiger partial charge in [-0.1, -0.05) is 18.2 Å². The Labute approximate surface area is 136 Å². The molecule has 1 amide bonds. The lowest BCUT2D eigenvalue weighted by Gasteiger charge is -2.05.